The predicted molar refractivity (Wildman–Crippen MR) is 116 cm³/mol. The second-order valence-electron chi connectivity index (χ2n) is 8.56. The highest BCUT2D eigenvalue weighted by molar-refractivity contribution is 6.07. The summed E-state index contributed by atoms with van der Waals surface area (Å²) < 4.78 is 0. The Balaban J connectivity index is 1.30. The number of hydrogen-bond donors (Lipinski definition) is 1. The van der Waals surface area contributed by atoms with Gasteiger partial charge in [0.25, 0.3) is 11.8 Å². The second kappa shape index (κ2) is 7.78. The number of nitrogens with zero attached hydrogens (tertiary/aromatic N) is 3. The van der Waals surface area contributed by atoms with Gasteiger partial charge in [-0.1, -0.05) is 30.3 Å². The van der Waals surface area contributed by atoms with Crippen molar-refractivity contribution in [2.75, 3.05) is 18.8 Å². The van der Waals surface area contributed by atoms with E-state index in [-0.39, 0.29) is 37.1 Å². The van der Waals surface area contributed by atoms with Gasteiger partial charge in [-0.05, 0) is 41.7 Å². The molecule has 4 amide bonds. The number of nitrogens with two attached hydrogens (primary N) is 1. The number of amides is 4. The summed E-state index contributed by atoms with van der Waals surface area (Å²) in [6.07, 6.45) is 1.12. The fourth-order valence-corrected chi connectivity index (χ4v) is 4.81. The molecule has 3 heterocycles. The van der Waals surface area contributed by atoms with Gasteiger partial charge in [-0.2, -0.15) is 0 Å². The van der Waals surface area contributed by atoms with Crippen LogP contribution in [0.15, 0.2) is 42.5 Å². The maximum Gasteiger partial charge on any atom is 0.255 e. The van der Waals surface area contributed by atoms with E-state index >= 15 is 0 Å². The van der Waals surface area contributed by atoms with E-state index < -0.39 is 11.9 Å². The van der Waals surface area contributed by atoms with Crippen molar-refractivity contribution in [3.05, 3.63) is 64.7 Å². The molecule has 8 heteroatoms. The van der Waals surface area contributed by atoms with Gasteiger partial charge >= 0.3 is 0 Å². The number of rotatable bonds is 3. The van der Waals surface area contributed by atoms with Crippen LogP contribution in [0.2, 0.25) is 0 Å². The molecule has 1 atom stereocenters. The van der Waals surface area contributed by atoms with Crippen molar-refractivity contribution in [1.29, 1.82) is 0 Å². The van der Waals surface area contributed by atoms with E-state index in [0.717, 1.165) is 22.4 Å². The summed E-state index contributed by atoms with van der Waals surface area (Å²) in [6, 6.07) is 12.3. The van der Waals surface area contributed by atoms with Crippen molar-refractivity contribution in [2.45, 2.75) is 38.4 Å². The average molecular weight is 432 g/mol. The van der Waals surface area contributed by atoms with E-state index in [1.165, 1.54) is 10.5 Å². The summed E-state index contributed by atoms with van der Waals surface area (Å²) in [5.74, 6) is -1.38. The van der Waals surface area contributed by atoms with Crippen LogP contribution in [-0.4, -0.2) is 57.5 Å². The van der Waals surface area contributed by atoms with Crippen LogP contribution in [0.4, 0.5) is 5.69 Å². The first-order valence-corrected chi connectivity index (χ1v) is 10.8. The fourth-order valence-electron chi connectivity index (χ4n) is 4.81. The van der Waals surface area contributed by atoms with Crippen molar-refractivity contribution >= 4 is 29.3 Å². The summed E-state index contributed by atoms with van der Waals surface area (Å²) in [4.78, 5) is 55.8. The lowest BCUT2D eigenvalue weighted by Crippen LogP contribution is -2.57. The fraction of sp³-hybridized carbons (Fsp3) is 0.333. The molecule has 0 spiro atoms. The molecule has 5 rings (SSSR count). The Bertz CT molecular complexity index is 1140. The third-order valence-electron chi connectivity index (χ3n) is 6.60. The number of piperidine rings is 1. The molecule has 164 valence electrons. The molecular formula is C24H24N4O4. The van der Waals surface area contributed by atoms with E-state index in [9.17, 15) is 19.2 Å². The largest absolute Gasteiger partial charge is 0.399 e. The number of hydrogen-bond acceptors (Lipinski definition) is 5. The third kappa shape index (κ3) is 3.41. The van der Waals surface area contributed by atoms with E-state index in [1.54, 1.807) is 23.1 Å². The molecule has 3 aliphatic rings. The number of likely N-dealkylation sites (tertiary alicyclic amines) is 1. The maximum atomic E-state index is 13.2. The molecule has 2 aromatic carbocycles. The van der Waals surface area contributed by atoms with Gasteiger partial charge in [-0.15, -0.1) is 0 Å². The molecule has 0 aromatic heterocycles. The van der Waals surface area contributed by atoms with Crippen LogP contribution in [0.5, 0.6) is 0 Å². The van der Waals surface area contributed by atoms with Crippen LogP contribution in [0, 0.1) is 0 Å². The van der Waals surface area contributed by atoms with Crippen LogP contribution < -0.4 is 5.73 Å². The van der Waals surface area contributed by atoms with Crippen molar-refractivity contribution < 1.29 is 19.2 Å². The minimum absolute atomic E-state index is 0.120. The van der Waals surface area contributed by atoms with Gasteiger partial charge < -0.3 is 15.5 Å². The van der Waals surface area contributed by atoms with Gasteiger partial charge in [0.15, 0.2) is 0 Å². The molecule has 1 fully saturated rings. The lowest BCUT2D eigenvalue weighted by molar-refractivity contribution is -0.156. The number of fused-ring (bicyclic) bond motifs is 2. The first-order valence-electron chi connectivity index (χ1n) is 10.8. The zero-order chi connectivity index (χ0) is 22.4. The highest BCUT2D eigenvalue weighted by Crippen LogP contribution is 2.30. The van der Waals surface area contributed by atoms with Gasteiger partial charge in [0.05, 0.1) is 0 Å². The molecule has 0 bridgehead atoms. The minimum Gasteiger partial charge on any atom is -0.399 e. The average Bonchev–Trinajstić information content (AvgIpc) is 3.11. The van der Waals surface area contributed by atoms with E-state index in [2.05, 4.69) is 6.07 Å². The Hall–Kier alpha value is -3.68. The number of anilines is 1. The first kappa shape index (κ1) is 20.2. The number of nitrogen functional groups attached to an aromatic ring is 1. The third-order valence-corrected chi connectivity index (χ3v) is 6.60. The molecule has 2 N–H and O–H groups in total. The van der Waals surface area contributed by atoms with Crippen LogP contribution in [-0.2, 0) is 33.9 Å². The number of carbonyl (C=O) groups excluding carboxylic acids is 4. The summed E-state index contributed by atoms with van der Waals surface area (Å²) >= 11 is 0. The van der Waals surface area contributed by atoms with Gasteiger partial charge in [-0.25, -0.2) is 0 Å². The monoisotopic (exact) mass is 432 g/mol. The highest BCUT2D eigenvalue weighted by Gasteiger charge is 2.43. The van der Waals surface area contributed by atoms with Gasteiger partial charge in [0.1, 0.15) is 12.6 Å². The Morgan fingerprint density at radius 2 is 1.75 bits per heavy atom. The van der Waals surface area contributed by atoms with E-state index in [4.69, 9.17) is 5.73 Å². The lowest BCUT2D eigenvalue weighted by atomic mass is 9.99. The Morgan fingerprint density at radius 3 is 2.56 bits per heavy atom. The Labute approximate surface area is 185 Å². The number of carbonyl (C=O) groups is 4. The normalized spacial score (nSPS) is 20.4. The standard InChI is InChI=1S/C24H24N4O4/c25-18-6-5-17-13-27(23(31)19(17)11-18)20-7-8-21(29)28(24(20)32)14-22(30)26-10-9-15-3-1-2-4-16(15)12-26/h1-6,11,20H,7-10,12-14,25H2. The van der Waals surface area contributed by atoms with Crippen LogP contribution >= 0.6 is 0 Å². The molecule has 1 unspecified atom stereocenters. The van der Waals surface area contributed by atoms with Gasteiger partial charge in [-0.3, -0.25) is 24.1 Å². The molecule has 2 aromatic rings. The molecule has 8 nitrogen and oxygen atoms in total. The van der Waals surface area contributed by atoms with Crippen molar-refractivity contribution in [3.63, 3.8) is 0 Å². The summed E-state index contributed by atoms with van der Waals surface area (Å²) in [5, 5.41) is 0. The molecule has 1 saturated heterocycles. The zero-order valence-corrected chi connectivity index (χ0v) is 17.6. The smallest absolute Gasteiger partial charge is 0.255 e. The first-order chi connectivity index (χ1) is 15.4. The summed E-state index contributed by atoms with van der Waals surface area (Å²) in [6.45, 7) is 1.02. The van der Waals surface area contributed by atoms with Crippen LogP contribution in [0.25, 0.3) is 0 Å². The van der Waals surface area contributed by atoms with Crippen molar-refractivity contribution in [1.82, 2.24) is 14.7 Å². The van der Waals surface area contributed by atoms with E-state index in [1.807, 2.05) is 18.2 Å². The molecular weight excluding hydrogens is 408 g/mol. The lowest BCUT2D eigenvalue weighted by Gasteiger charge is -2.36. The number of imide groups is 1. The summed E-state index contributed by atoms with van der Waals surface area (Å²) in [7, 11) is 0. The minimum atomic E-state index is -0.760. The Kier molecular flexibility index (Phi) is 4.92. The summed E-state index contributed by atoms with van der Waals surface area (Å²) in [5.41, 5.74) is 9.89. The molecule has 0 radical (unpaired) electrons. The second-order valence-corrected chi connectivity index (χ2v) is 8.56. The molecule has 32 heavy (non-hydrogen) atoms. The topological polar surface area (TPSA) is 104 Å². The number of benzene rings is 2. The van der Waals surface area contributed by atoms with E-state index in [0.29, 0.717) is 30.9 Å². The molecule has 0 saturated carbocycles. The SMILES string of the molecule is Nc1ccc2c(c1)C(=O)N(C1CCC(=O)N(CC(=O)N3CCc4ccccc4C3)C1=O)C2. The van der Waals surface area contributed by atoms with Crippen molar-refractivity contribution in [3.8, 4) is 0 Å². The van der Waals surface area contributed by atoms with Gasteiger partial charge in [0.2, 0.25) is 11.8 Å². The van der Waals surface area contributed by atoms with Crippen LogP contribution in [0.1, 0.15) is 39.9 Å². The quantitative estimate of drug-likeness (QED) is 0.582. The van der Waals surface area contributed by atoms with Crippen LogP contribution in [0.3, 0.4) is 0 Å². The van der Waals surface area contributed by atoms with Crippen molar-refractivity contribution in [2.24, 2.45) is 0 Å². The predicted octanol–water partition coefficient (Wildman–Crippen LogP) is 1.33. The highest BCUT2D eigenvalue weighted by atomic mass is 16.2. The molecule has 3 aliphatic heterocycles. The molecule has 0 aliphatic carbocycles. The maximum absolute atomic E-state index is 13.2. The van der Waals surface area contributed by atoms with Gasteiger partial charge in [0, 0.05) is 37.3 Å². The zero-order valence-electron chi connectivity index (χ0n) is 17.6. The Morgan fingerprint density at radius 1 is 0.969 bits per heavy atom.